The van der Waals surface area contributed by atoms with E-state index in [0.29, 0.717) is 11.3 Å². The Morgan fingerprint density at radius 1 is 1.53 bits per heavy atom. The molecule has 1 aromatic rings. The van der Waals surface area contributed by atoms with Crippen LogP contribution in [0.3, 0.4) is 0 Å². The van der Waals surface area contributed by atoms with Crippen LogP contribution < -0.4 is 11.1 Å². The smallest absolute Gasteiger partial charge is 0.235 e. The van der Waals surface area contributed by atoms with E-state index in [1.165, 1.54) is 0 Å². The van der Waals surface area contributed by atoms with Gasteiger partial charge in [-0.3, -0.25) is 9.59 Å². The number of nitrogens with two attached hydrogens (primary N) is 1. The highest BCUT2D eigenvalue weighted by molar-refractivity contribution is 5.96. The minimum absolute atomic E-state index is 0.195. The van der Waals surface area contributed by atoms with E-state index in [1.807, 2.05) is 6.92 Å². The molecule has 0 unspecified atom stereocenters. The van der Waals surface area contributed by atoms with Crippen LogP contribution in [-0.2, 0) is 9.59 Å². The minimum atomic E-state index is -0.195. The van der Waals surface area contributed by atoms with Gasteiger partial charge in [-0.2, -0.15) is 0 Å². The molecule has 0 aliphatic carbocycles. The molecule has 0 heterocycles. The summed E-state index contributed by atoms with van der Waals surface area (Å²) in [5.74, 6) is -0.195. The first-order chi connectivity index (χ1) is 7.17. The Morgan fingerprint density at radius 3 is 2.87 bits per heavy atom. The van der Waals surface area contributed by atoms with E-state index in [1.54, 1.807) is 24.5 Å². The van der Waals surface area contributed by atoms with Crippen molar-refractivity contribution < 1.29 is 9.59 Å². The summed E-state index contributed by atoms with van der Waals surface area (Å²) >= 11 is 0. The molecular formula is C11H13N2O2. The number of carbonyl (C=O) groups excluding carboxylic acids is 2. The molecule has 1 radical (unpaired) electrons. The van der Waals surface area contributed by atoms with Crippen molar-refractivity contribution >= 4 is 17.9 Å². The predicted octanol–water partition coefficient (Wildman–Crippen LogP) is 0.740. The Balaban J connectivity index is 2.87. The van der Waals surface area contributed by atoms with E-state index in [0.717, 1.165) is 5.56 Å². The Labute approximate surface area is 88.5 Å². The molecule has 4 heteroatoms. The summed E-state index contributed by atoms with van der Waals surface area (Å²) in [6.07, 6.45) is 2.02. The third kappa shape index (κ3) is 3.18. The van der Waals surface area contributed by atoms with Crippen LogP contribution in [0.4, 0.5) is 5.69 Å². The summed E-state index contributed by atoms with van der Waals surface area (Å²) in [6.45, 7) is 2.17. The van der Waals surface area contributed by atoms with Gasteiger partial charge in [0.05, 0.1) is 5.69 Å². The predicted molar refractivity (Wildman–Crippen MR) is 58.3 cm³/mol. The number of nitrogens with one attached hydrogen (secondary N) is 1. The third-order valence-corrected chi connectivity index (χ3v) is 1.93. The zero-order valence-electron chi connectivity index (χ0n) is 8.54. The van der Waals surface area contributed by atoms with Gasteiger partial charge in [0.1, 0.15) is 0 Å². The van der Waals surface area contributed by atoms with Crippen LogP contribution in [0.1, 0.15) is 17.5 Å². The van der Waals surface area contributed by atoms with Crippen molar-refractivity contribution in [3.8, 4) is 0 Å². The van der Waals surface area contributed by atoms with Crippen LogP contribution in [0.2, 0.25) is 0 Å². The molecule has 1 rings (SSSR count). The number of hydrogen-bond donors (Lipinski definition) is 2. The fourth-order valence-electron chi connectivity index (χ4n) is 1.19. The Kier molecular flexibility index (Phi) is 4.00. The van der Waals surface area contributed by atoms with Crippen LogP contribution in [-0.4, -0.2) is 18.7 Å². The van der Waals surface area contributed by atoms with Crippen LogP contribution in [0, 0.1) is 6.92 Å². The molecule has 0 aliphatic heterocycles. The number of carbonyl (C=O) groups is 1. The second-order valence-corrected chi connectivity index (χ2v) is 3.24. The van der Waals surface area contributed by atoms with Gasteiger partial charge >= 0.3 is 0 Å². The monoisotopic (exact) mass is 205 g/mol. The quantitative estimate of drug-likeness (QED) is 0.761. The molecule has 1 aromatic carbocycles. The van der Waals surface area contributed by atoms with Gasteiger partial charge in [-0.05, 0) is 24.6 Å². The molecule has 0 atom stereocenters. The van der Waals surface area contributed by atoms with E-state index in [4.69, 9.17) is 5.73 Å². The van der Waals surface area contributed by atoms with Crippen molar-refractivity contribution in [1.29, 1.82) is 0 Å². The van der Waals surface area contributed by atoms with E-state index >= 15 is 0 Å². The number of hydrogen-bond acceptors (Lipinski definition) is 3. The first-order valence-electron chi connectivity index (χ1n) is 4.66. The molecule has 0 saturated carbocycles. The third-order valence-electron chi connectivity index (χ3n) is 1.93. The van der Waals surface area contributed by atoms with Gasteiger partial charge in [-0.25, -0.2) is 0 Å². The summed E-state index contributed by atoms with van der Waals surface area (Å²) < 4.78 is 0. The molecule has 0 aliphatic rings. The molecule has 79 valence electrons. The average Bonchev–Trinajstić information content (AvgIpc) is 2.18. The standard InChI is InChI=1S/C11H13N2O2/c1-8-2-3-9(7-14)10(6-8)13-11(15)4-5-12/h2-3,6H,4-5,12H2,1H3,(H,13,15). The SMILES string of the molecule is Cc1ccc([C]=O)c(NC(=O)CCN)c1. The highest BCUT2D eigenvalue weighted by Gasteiger charge is 2.06. The Bertz CT molecular complexity index is 375. The molecule has 15 heavy (non-hydrogen) atoms. The van der Waals surface area contributed by atoms with Gasteiger partial charge in [0.15, 0.2) is 0 Å². The van der Waals surface area contributed by atoms with Gasteiger partial charge in [0.2, 0.25) is 12.2 Å². The van der Waals surface area contributed by atoms with Crippen molar-refractivity contribution in [3.05, 3.63) is 29.3 Å². The molecule has 3 N–H and O–H groups in total. The molecule has 0 saturated heterocycles. The van der Waals surface area contributed by atoms with Crippen molar-refractivity contribution in [3.63, 3.8) is 0 Å². The summed E-state index contributed by atoms with van der Waals surface area (Å²) in [6, 6.07) is 5.15. The maximum Gasteiger partial charge on any atom is 0.235 e. The minimum Gasteiger partial charge on any atom is -0.330 e. The molecule has 0 fully saturated rings. The molecule has 0 aromatic heterocycles. The molecule has 0 spiro atoms. The number of rotatable bonds is 4. The second-order valence-electron chi connectivity index (χ2n) is 3.24. The van der Waals surface area contributed by atoms with Gasteiger partial charge in [0, 0.05) is 18.5 Å². The topological polar surface area (TPSA) is 72.2 Å². The highest BCUT2D eigenvalue weighted by atomic mass is 16.1. The average molecular weight is 205 g/mol. The summed E-state index contributed by atoms with van der Waals surface area (Å²) in [5.41, 5.74) is 7.06. The molecule has 1 amide bonds. The maximum atomic E-state index is 11.3. The van der Waals surface area contributed by atoms with E-state index in [2.05, 4.69) is 5.32 Å². The van der Waals surface area contributed by atoms with Crippen LogP contribution in [0.15, 0.2) is 18.2 Å². The molecule has 0 bridgehead atoms. The molecule has 4 nitrogen and oxygen atoms in total. The second kappa shape index (κ2) is 5.26. The summed E-state index contributed by atoms with van der Waals surface area (Å²) in [7, 11) is 0. The van der Waals surface area contributed by atoms with Crippen molar-refractivity contribution in [2.45, 2.75) is 13.3 Å². The maximum absolute atomic E-state index is 11.3. The van der Waals surface area contributed by atoms with Crippen molar-refractivity contribution in [2.75, 3.05) is 11.9 Å². The number of benzene rings is 1. The van der Waals surface area contributed by atoms with E-state index in [-0.39, 0.29) is 18.9 Å². The lowest BCUT2D eigenvalue weighted by atomic mass is 10.1. The molecular weight excluding hydrogens is 192 g/mol. The Hall–Kier alpha value is -1.68. The van der Waals surface area contributed by atoms with Gasteiger partial charge in [0.25, 0.3) is 0 Å². The number of amides is 1. The lowest BCUT2D eigenvalue weighted by molar-refractivity contribution is -0.116. The highest BCUT2D eigenvalue weighted by Crippen LogP contribution is 2.15. The van der Waals surface area contributed by atoms with E-state index < -0.39 is 0 Å². The van der Waals surface area contributed by atoms with Gasteiger partial charge < -0.3 is 11.1 Å². The van der Waals surface area contributed by atoms with Crippen LogP contribution >= 0.6 is 0 Å². The first-order valence-corrected chi connectivity index (χ1v) is 4.66. The lowest BCUT2D eigenvalue weighted by Gasteiger charge is -2.07. The first kappa shape index (κ1) is 11.4. The fourth-order valence-corrected chi connectivity index (χ4v) is 1.19. The number of anilines is 1. The lowest BCUT2D eigenvalue weighted by Crippen LogP contribution is -2.17. The summed E-state index contributed by atoms with van der Waals surface area (Å²) in [5, 5.41) is 2.62. The fraction of sp³-hybridized carbons (Fsp3) is 0.273. The summed E-state index contributed by atoms with van der Waals surface area (Å²) in [4.78, 5) is 21.8. The normalized spacial score (nSPS) is 9.73. The van der Waals surface area contributed by atoms with Gasteiger partial charge in [-0.15, -0.1) is 0 Å². The zero-order valence-corrected chi connectivity index (χ0v) is 8.54. The largest absolute Gasteiger partial charge is 0.330 e. The zero-order chi connectivity index (χ0) is 11.3. The van der Waals surface area contributed by atoms with Crippen molar-refractivity contribution in [1.82, 2.24) is 0 Å². The Morgan fingerprint density at radius 2 is 2.27 bits per heavy atom. The van der Waals surface area contributed by atoms with E-state index in [9.17, 15) is 9.59 Å². The number of aryl methyl sites for hydroxylation is 1. The van der Waals surface area contributed by atoms with Crippen molar-refractivity contribution in [2.24, 2.45) is 5.73 Å². The van der Waals surface area contributed by atoms with Crippen LogP contribution in [0.5, 0.6) is 0 Å². The van der Waals surface area contributed by atoms with Crippen LogP contribution in [0.25, 0.3) is 0 Å². The van der Waals surface area contributed by atoms with Gasteiger partial charge in [-0.1, -0.05) is 6.07 Å².